The molecule has 3 rings (SSSR count). The van der Waals surface area contributed by atoms with Gasteiger partial charge < -0.3 is 5.32 Å². The molecule has 0 unspecified atom stereocenters. The first-order valence-electron chi connectivity index (χ1n) is 8.75. The Kier molecular flexibility index (Phi) is 6.33. The van der Waals surface area contributed by atoms with E-state index in [0.29, 0.717) is 5.16 Å². The van der Waals surface area contributed by atoms with Gasteiger partial charge in [-0.15, -0.1) is 21.5 Å². The fraction of sp³-hybridized carbons (Fsp3) is 0.316. The average molecular weight is 441 g/mol. The summed E-state index contributed by atoms with van der Waals surface area (Å²) in [6.45, 7) is 6.01. The molecule has 10 heteroatoms. The molecule has 0 atom stereocenters. The summed E-state index contributed by atoms with van der Waals surface area (Å²) in [4.78, 5) is 13.4. The molecule has 29 heavy (non-hydrogen) atoms. The molecule has 1 aromatic carbocycles. The minimum absolute atomic E-state index is 0.00373. The maximum absolute atomic E-state index is 12.8. The minimum Gasteiger partial charge on any atom is -0.325 e. The molecule has 0 aliphatic carbocycles. The van der Waals surface area contributed by atoms with Gasteiger partial charge in [0.05, 0.1) is 11.3 Å². The third-order valence-corrected chi connectivity index (χ3v) is 5.78. The number of rotatable bonds is 6. The van der Waals surface area contributed by atoms with Crippen molar-refractivity contribution in [2.24, 2.45) is 0 Å². The highest BCUT2D eigenvalue weighted by Crippen LogP contribution is 2.32. The average Bonchev–Trinajstić information content (AvgIpc) is 3.25. The number of aromatic nitrogens is 3. The van der Waals surface area contributed by atoms with Crippen LogP contribution in [0.5, 0.6) is 0 Å². The first-order chi connectivity index (χ1) is 13.6. The quantitative estimate of drug-likeness (QED) is 0.504. The van der Waals surface area contributed by atoms with E-state index in [1.807, 2.05) is 36.8 Å². The van der Waals surface area contributed by atoms with E-state index in [9.17, 15) is 18.0 Å². The van der Waals surface area contributed by atoms with Gasteiger partial charge in [-0.05, 0) is 45.0 Å². The number of halogens is 3. The van der Waals surface area contributed by atoms with Crippen LogP contribution in [0.3, 0.4) is 0 Å². The molecule has 2 heterocycles. The summed E-state index contributed by atoms with van der Waals surface area (Å²) >= 11 is 2.81. The third kappa shape index (κ3) is 5.18. The Morgan fingerprint density at radius 3 is 2.66 bits per heavy atom. The van der Waals surface area contributed by atoms with E-state index in [2.05, 4.69) is 15.5 Å². The van der Waals surface area contributed by atoms with E-state index in [-0.39, 0.29) is 17.5 Å². The van der Waals surface area contributed by atoms with Crippen molar-refractivity contribution in [1.82, 2.24) is 14.8 Å². The van der Waals surface area contributed by atoms with Crippen LogP contribution < -0.4 is 5.32 Å². The van der Waals surface area contributed by atoms with E-state index >= 15 is 0 Å². The number of thiophene rings is 1. The van der Waals surface area contributed by atoms with Crippen molar-refractivity contribution in [1.29, 1.82) is 0 Å². The summed E-state index contributed by atoms with van der Waals surface area (Å²) in [5.41, 5.74) is 0.261. The molecule has 0 aliphatic heterocycles. The third-order valence-electron chi connectivity index (χ3n) is 3.98. The molecule has 3 aromatic rings. The van der Waals surface area contributed by atoms with Crippen molar-refractivity contribution in [2.75, 3.05) is 11.1 Å². The normalized spacial score (nSPS) is 11.8. The van der Waals surface area contributed by atoms with Crippen LogP contribution in [0.15, 0.2) is 40.9 Å². The van der Waals surface area contributed by atoms with Crippen LogP contribution in [0.4, 0.5) is 18.9 Å². The van der Waals surface area contributed by atoms with Crippen molar-refractivity contribution in [2.45, 2.75) is 38.1 Å². The molecular weight excluding hydrogens is 421 g/mol. The van der Waals surface area contributed by atoms with Gasteiger partial charge >= 0.3 is 6.18 Å². The molecule has 1 amide bonds. The number of thioether (sulfide) groups is 1. The number of nitrogens with zero attached hydrogens (tertiary/aromatic N) is 3. The second-order valence-corrected chi connectivity index (χ2v) is 8.69. The molecule has 1 N–H and O–H groups in total. The molecule has 0 spiro atoms. The minimum atomic E-state index is -4.46. The standard InChI is InChI=1S/C19H19F3N4OS2/c1-11(2)26-17(13-7-12(3)28-9-13)24-25-18(26)29-10-16(27)23-15-6-4-5-14(8-15)19(20,21)22/h4-9,11H,10H2,1-3H3,(H,23,27). The predicted octanol–water partition coefficient (Wildman–Crippen LogP) is 5.65. The Morgan fingerprint density at radius 1 is 1.28 bits per heavy atom. The van der Waals surface area contributed by atoms with E-state index in [1.165, 1.54) is 23.9 Å². The number of hydrogen-bond acceptors (Lipinski definition) is 5. The van der Waals surface area contributed by atoms with Crippen LogP contribution in [0.2, 0.25) is 0 Å². The Balaban J connectivity index is 1.70. The number of amides is 1. The van der Waals surface area contributed by atoms with E-state index in [4.69, 9.17) is 0 Å². The summed E-state index contributed by atoms with van der Waals surface area (Å²) in [5, 5.41) is 13.6. The van der Waals surface area contributed by atoms with Gasteiger partial charge in [-0.3, -0.25) is 9.36 Å². The molecule has 2 aromatic heterocycles. The summed E-state index contributed by atoms with van der Waals surface area (Å²) in [5.74, 6) is 0.315. The molecule has 0 radical (unpaired) electrons. The van der Waals surface area contributed by atoms with Crippen molar-refractivity contribution in [3.8, 4) is 11.4 Å². The maximum atomic E-state index is 12.8. The van der Waals surface area contributed by atoms with E-state index < -0.39 is 17.6 Å². The highest BCUT2D eigenvalue weighted by Gasteiger charge is 2.30. The Bertz CT molecular complexity index is 1010. The number of benzene rings is 1. The Labute approximate surface area is 174 Å². The number of carbonyl (C=O) groups is 1. The molecule has 5 nitrogen and oxygen atoms in total. The maximum Gasteiger partial charge on any atom is 0.416 e. The van der Waals surface area contributed by atoms with Crippen LogP contribution in [0, 0.1) is 6.92 Å². The fourth-order valence-electron chi connectivity index (χ4n) is 2.70. The van der Waals surface area contributed by atoms with Crippen LogP contribution in [0.25, 0.3) is 11.4 Å². The summed E-state index contributed by atoms with van der Waals surface area (Å²) < 4.78 is 40.4. The Morgan fingerprint density at radius 2 is 2.03 bits per heavy atom. The SMILES string of the molecule is Cc1cc(-c2nnc(SCC(=O)Nc3cccc(C(F)(F)F)c3)n2C(C)C)cs1. The predicted molar refractivity (Wildman–Crippen MR) is 109 cm³/mol. The lowest BCUT2D eigenvalue weighted by atomic mass is 10.2. The number of carbonyl (C=O) groups excluding carboxylic acids is 1. The van der Waals surface area contributed by atoms with Crippen molar-refractivity contribution >= 4 is 34.7 Å². The lowest BCUT2D eigenvalue weighted by molar-refractivity contribution is -0.137. The van der Waals surface area contributed by atoms with Crippen molar-refractivity contribution < 1.29 is 18.0 Å². The number of alkyl halides is 3. The molecule has 0 fully saturated rings. The zero-order chi connectivity index (χ0) is 21.2. The van der Waals surface area contributed by atoms with Gasteiger partial charge in [0.1, 0.15) is 0 Å². The van der Waals surface area contributed by atoms with Crippen LogP contribution in [-0.4, -0.2) is 26.4 Å². The zero-order valence-electron chi connectivity index (χ0n) is 15.9. The number of hydrogen-bond donors (Lipinski definition) is 1. The highest BCUT2D eigenvalue weighted by molar-refractivity contribution is 7.99. The first kappa shape index (κ1) is 21.4. The van der Waals surface area contributed by atoms with Gasteiger partial charge in [0.15, 0.2) is 11.0 Å². The van der Waals surface area contributed by atoms with Crippen LogP contribution >= 0.6 is 23.1 Å². The lowest BCUT2D eigenvalue weighted by Gasteiger charge is -2.13. The monoisotopic (exact) mass is 440 g/mol. The van der Waals surface area contributed by atoms with E-state index in [0.717, 1.165) is 28.4 Å². The zero-order valence-corrected chi connectivity index (χ0v) is 17.6. The molecule has 0 saturated carbocycles. The smallest absolute Gasteiger partial charge is 0.325 e. The molecule has 154 valence electrons. The lowest BCUT2D eigenvalue weighted by Crippen LogP contribution is -2.15. The molecule has 0 aliphatic rings. The second-order valence-electron chi connectivity index (χ2n) is 6.63. The number of anilines is 1. The Hall–Kier alpha value is -2.33. The van der Waals surface area contributed by atoms with Crippen molar-refractivity contribution in [3.05, 3.63) is 46.2 Å². The fourth-order valence-corrected chi connectivity index (χ4v) is 4.25. The van der Waals surface area contributed by atoms with Crippen molar-refractivity contribution in [3.63, 3.8) is 0 Å². The second kappa shape index (κ2) is 8.58. The van der Waals surface area contributed by atoms with Crippen LogP contribution in [0.1, 0.15) is 30.3 Å². The molecule has 0 bridgehead atoms. The molecular formula is C19H19F3N4OS2. The van der Waals surface area contributed by atoms with Gasteiger partial charge in [-0.2, -0.15) is 13.2 Å². The topological polar surface area (TPSA) is 59.8 Å². The van der Waals surface area contributed by atoms with Gasteiger partial charge in [0.2, 0.25) is 5.91 Å². The first-order valence-corrected chi connectivity index (χ1v) is 10.6. The summed E-state index contributed by atoms with van der Waals surface area (Å²) in [7, 11) is 0. The largest absolute Gasteiger partial charge is 0.416 e. The van der Waals surface area contributed by atoms with E-state index in [1.54, 1.807) is 11.3 Å². The van der Waals surface area contributed by atoms with Gasteiger partial charge in [0, 0.05) is 27.5 Å². The highest BCUT2D eigenvalue weighted by atomic mass is 32.2. The summed E-state index contributed by atoms with van der Waals surface area (Å²) in [6.07, 6.45) is -4.46. The summed E-state index contributed by atoms with van der Waals surface area (Å²) in [6, 6.07) is 6.66. The van der Waals surface area contributed by atoms with Crippen LogP contribution in [-0.2, 0) is 11.0 Å². The van der Waals surface area contributed by atoms with Gasteiger partial charge in [-0.25, -0.2) is 0 Å². The number of nitrogens with one attached hydrogen (secondary N) is 1. The van der Waals surface area contributed by atoms with Gasteiger partial charge in [-0.1, -0.05) is 17.8 Å². The number of aryl methyl sites for hydroxylation is 1. The molecule has 0 saturated heterocycles. The van der Waals surface area contributed by atoms with Gasteiger partial charge in [0.25, 0.3) is 0 Å².